The average molecular weight is 372 g/mol. The third kappa shape index (κ3) is 2.82. The van der Waals surface area contributed by atoms with Crippen molar-refractivity contribution in [3.8, 4) is 0 Å². The minimum absolute atomic E-state index is 0.0360. The topological polar surface area (TPSA) is 54.3 Å². The molecular weight excluding hydrogens is 338 g/mol. The first-order valence-corrected chi connectivity index (χ1v) is 10.8. The van der Waals surface area contributed by atoms with E-state index in [1.54, 1.807) is 6.33 Å². The lowest BCUT2D eigenvalue weighted by Gasteiger charge is -2.61. The molecule has 5 aliphatic rings. The van der Waals surface area contributed by atoms with E-state index in [0.717, 1.165) is 45.2 Å². The van der Waals surface area contributed by atoms with Crippen LogP contribution in [0.5, 0.6) is 0 Å². The lowest BCUT2D eigenvalue weighted by atomic mass is 9.46. The van der Waals surface area contributed by atoms with Gasteiger partial charge in [-0.25, -0.2) is 9.67 Å². The molecule has 4 aliphatic carbocycles. The summed E-state index contributed by atoms with van der Waals surface area (Å²) in [7, 11) is 4.34. The summed E-state index contributed by atoms with van der Waals surface area (Å²) < 4.78 is 2.11. The molecule has 0 radical (unpaired) electrons. The lowest BCUT2D eigenvalue weighted by Crippen LogP contribution is -2.61. The fourth-order valence-electron chi connectivity index (χ4n) is 7.32. The Morgan fingerprint density at radius 3 is 2.56 bits per heavy atom. The van der Waals surface area contributed by atoms with Gasteiger partial charge in [-0.15, -0.1) is 0 Å². The molecule has 0 aromatic carbocycles. The molecule has 1 aromatic rings. The van der Waals surface area contributed by atoms with Crippen molar-refractivity contribution in [2.75, 3.05) is 27.2 Å². The highest BCUT2D eigenvalue weighted by Gasteiger charge is 2.62. The summed E-state index contributed by atoms with van der Waals surface area (Å²) in [6.07, 6.45) is 13.9. The second kappa shape index (κ2) is 6.29. The average Bonchev–Trinajstić information content (AvgIpc) is 3.06. The predicted molar refractivity (Wildman–Crippen MR) is 103 cm³/mol. The molecule has 0 N–H and O–H groups in total. The number of amides is 1. The Morgan fingerprint density at radius 1 is 1.11 bits per heavy atom. The highest BCUT2D eigenvalue weighted by Crippen LogP contribution is 2.64. The summed E-state index contributed by atoms with van der Waals surface area (Å²) in [6, 6.07) is 0.612. The summed E-state index contributed by atoms with van der Waals surface area (Å²) in [5.41, 5.74) is -0.109. The molecule has 1 amide bonds. The van der Waals surface area contributed by atoms with E-state index in [1.807, 2.05) is 6.33 Å². The molecule has 6 rings (SSSR count). The Bertz CT molecular complexity index is 685. The first-order valence-electron chi connectivity index (χ1n) is 10.8. The Kier molecular flexibility index (Phi) is 4.12. The second-order valence-electron chi connectivity index (χ2n) is 10.1. The molecule has 5 fully saturated rings. The van der Waals surface area contributed by atoms with Gasteiger partial charge in [0.25, 0.3) is 0 Å². The van der Waals surface area contributed by atoms with Crippen LogP contribution in [-0.2, 0) is 10.3 Å². The van der Waals surface area contributed by atoms with E-state index in [-0.39, 0.29) is 11.0 Å². The van der Waals surface area contributed by atoms with Crippen molar-refractivity contribution in [1.82, 2.24) is 24.6 Å². The molecule has 4 saturated carbocycles. The zero-order valence-electron chi connectivity index (χ0n) is 16.8. The molecule has 4 bridgehead atoms. The van der Waals surface area contributed by atoms with Crippen molar-refractivity contribution < 1.29 is 4.79 Å². The molecule has 6 heteroatoms. The normalized spacial score (nSPS) is 41.1. The predicted octanol–water partition coefficient (Wildman–Crippen LogP) is 2.52. The monoisotopic (exact) mass is 371 g/mol. The zero-order valence-corrected chi connectivity index (χ0v) is 16.8. The van der Waals surface area contributed by atoms with Crippen LogP contribution in [-0.4, -0.2) is 63.7 Å². The third-order valence-corrected chi connectivity index (χ3v) is 8.10. The fraction of sp³-hybridized carbons (Fsp3) is 0.857. The highest BCUT2D eigenvalue weighted by molar-refractivity contribution is 5.83. The molecule has 1 saturated heterocycles. The molecular formula is C21H33N5O. The Labute approximate surface area is 162 Å². The van der Waals surface area contributed by atoms with E-state index in [4.69, 9.17) is 0 Å². The van der Waals surface area contributed by atoms with Gasteiger partial charge in [-0.1, -0.05) is 0 Å². The van der Waals surface area contributed by atoms with Gasteiger partial charge in [0.15, 0.2) is 0 Å². The molecule has 1 aliphatic heterocycles. The summed E-state index contributed by atoms with van der Waals surface area (Å²) in [4.78, 5) is 22.6. The number of carbonyl (C=O) groups is 1. The van der Waals surface area contributed by atoms with Gasteiger partial charge in [-0.2, -0.15) is 5.10 Å². The van der Waals surface area contributed by atoms with Crippen LogP contribution < -0.4 is 0 Å². The standard InChI is InChI=1S/C21H33N5O/c1-24(2)18-4-3-6-25(7-5-18)19(27)20-9-16-8-17(10-20)12-21(11-16,13-20)26-15-22-14-23-26/h14-18H,3-13H2,1-2H3/t16-,17+,18-,20?,21?/m0/s1. The smallest absolute Gasteiger partial charge is 0.228 e. The van der Waals surface area contributed by atoms with E-state index in [1.165, 1.54) is 25.7 Å². The molecule has 0 spiro atoms. The maximum absolute atomic E-state index is 13.9. The van der Waals surface area contributed by atoms with Crippen LogP contribution in [0.25, 0.3) is 0 Å². The second-order valence-corrected chi connectivity index (χ2v) is 10.1. The number of carbonyl (C=O) groups excluding carboxylic acids is 1. The van der Waals surface area contributed by atoms with E-state index in [0.29, 0.717) is 23.8 Å². The van der Waals surface area contributed by atoms with Crippen molar-refractivity contribution in [2.45, 2.75) is 69.4 Å². The third-order valence-electron chi connectivity index (χ3n) is 8.10. The van der Waals surface area contributed by atoms with E-state index >= 15 is 0 Å². The van der Waals surface area contributed by atoms with Crippen LogP contribution in [0.2, 0.25) is 0 Å². The van der Waals surface area contributed by atoms with Gasteiger partial charge in [-0.05, 0) is 83.7 Å². The number of hydrogen-bond acceptors (Lipinski definition) is 4. The number of nitrogens with zero attached hydrogens (tertiary/aromatic N) is 5. The number of hydrogen-bond donors (Lipinski definition) is 0. The van der Waals surface area contributed by atoms with Gasteiger partial charge < -0.3 is 9.80 Å². The molecule has 27 heavy (non-hydrogen) atoms. The van der Waals surface area contributed by atoms with Crippen LogP contribution in [0, 0.1) is 17.3 Å². The number of rotatable bonds is 3. The van der Waals surface area contributed by atoms with Gasteiger partial charge >= 0.3 is 0 Å². The van der Waals surface area contributed by atoms with E-state index < -0.39 is 0 Å². The lowest BCUT2D eigenvalue weighted by molar-refractivity contribution is -0.166. The van der Waals surface area contributed by atoms with Gasteiger partial charge in [0.1, 0.15) is 12.7 Å². The Balaban J connectivity index is 1.40. The quantitative estimate of drug-likeness (QED) is 0.819. The minimum Gasteiger partial charge on any atom is -0.342 e. The molecule has 6 nitrogen and oxygen atoms in total. The van der Waals surface area contributed by atoms with Crippen molar-refractivity contribution >= 4 is 5.91 Å². The van der Waals surface area contributed by atoms with Gasteiger partial charge in [0, 0.05) is 19.1 Å². The van der Waals surface area contributed by atoms with Crippen molar-refractivity contribution in [1.29, 1.82) is 0 Å². The molecule has 148 valence electrons. The van der Waals surface area contributed by atoms with E-state index in [2.05, 4.69) is 38.7 Å². The molecule has 2 heterocycles. The Hall–Kier alpha value is -1.43. The van der Waals surface area contributed by atoms with Crippen LogP contribution in [0.1, 0.15) is 57.8 Å². The fourth-order valence-corrected chi connectivity index (χ4v) is 7.32. The SMILES string of the molecule is CN(C)[C@H]1CCCN(C(=O)C23C[C@H]4C[C@@H](C2)CC(n2cncn2)(C4)C3)CC1. The van der Waals surface area contributed by atoms with Crippen molar-refractivity contribution in [3.05, 3.63) is 12.7 Å². The maximum Gasteiger partial charge on any atom is 0.228 e. The van der Waals surface area contributed by atoms with Crippen LogP contribution in [0.4, 0.5) is 0 Å². The number of likely N-dealkylation sites (tertiary alicyclic amines) is 1. The first kappa shape index (κ1) is 17.7. The van der Waals surface area contributed by atoms with Crippen LogP contribution >= 0.6 is 0 Å². The molecule has 1 aromatic heterocycles. The summed E-state index contributed by atoms with van der Waals surface area (Å²) in [5, 5.41) is 4.53. The Morgan fingerprint density at radius 2 is 1.89 bits per heavy atom. The summed E-state index contributed by atoms with van der Waals surface area (Å²) in [5.74, 6) is 1.82. The van der Waals surface area contributed by atoms with Crippen molar-refractivity contribution in [3.63, 3.8) is 0 Å². The highest BCUT2D eigenvalue weighted by atomic mass is 16.2. The zero-order chi connectivity index (χ0) is 18.6. The van der Waals surface area contributed by atoms with Crippen LogP contribution in [0.15, 0.2) is 12.7 Å². The number of aromatic nitrogens is 3. The summed E-state index contributed by atoms with van der Waals surface area (Å²) >= 11 is 0. The van der Waals surface area contributed by atoms with Gasteiger partial charge in [0.2, 0.25) is 5.91 Å². The maximum atomic E-state index is 13.9. The minimum atomic E-state index is -0.145. The van der Waals surface area contributed by atoms with Gasteiger partial charge in [0.05, 0.1) is 11.0 Å². The largest absolute Gasteiger partial charge is 0.342 e. The molecule has 5 atom stereocenters. The van der Waals surface area contributed by atoms with E-state index in [9.17, 15) is 4.79 Å². The molecule has 2 unspecified atom stereocenters. The van der Waals surface area contributed by atoms with Crippen molar-refractivity contribution in [2.24, 2.45) is 17.3 Å². The first-order chi connectivity index (χ1) is 13.0. The van der Waals surface area contributed by atoms with Crippen LogP contribution in [0.3, 0.4) is 0 Å². The summed E-state index contributed by atoms with van der Waals surface area (Å²) in [6.45, 7) is 1.87. The van der Waals surface area contributed by atoms with Gasteiger partial charge in [-0.3, -0.25) is 4.79 Å².